The summed E-state index contributed by atoms with van der Waals surface area (Å²) in [5.41, 5.74) is 1.15. The second-order valence-electron chi connectivity index (χ2n) is 13.1. The third-order valence-corrected chi connectivity index (χ3v) is 10.0. The van der Waals surface area contributed by atoms with E-state index >= 15 is 0 Å². The highest BCUT2D eigenvalue weighted by Crippen LogP contribution is 2.38. The van der Waals surface area contributed by atoms with Crippen LogP contribution in [0.3, 0.4) is 0 Å². The zero-order valence-corrected chi connectivity index (χ0v) is 26.8. The predicted molar refractivity (Wildman–Crippen MR) is 168 cm³/mol. The van der Waals surface area contributed by atoms with Crippen LogP contribution in [-0.4, -0.2) is 69.5 Å². The number of hydrogen-bond acceptors (Lipinski definition) is 7. The van der Waals surface area contributed by atoms with Gasteiger partial charge in [0.2, 0.25) is 5.79 Å². The first-order valence-electron chi connectivity index (χ1n) is 16.6. The summed E-state index contributed by atoms with van der Waals surface area (Å²) in [5, 5.41) is 22.8. The number of aliphatic hydroxyl groups is 2. The normalized spacial score (nSPS) is 36.6. The van der Waals surface area contributed by atoms with Crippen LogP contribution in [-0.2, 0) is 30.3 Å². The Kier molecular flexibility index (Phi) is 12.0. The molecule has 2 fully saturated rings. The zero-order chi connectivity index (χ0) is 31.9. The Labute approximate surface area is 262 Å². The van der Waals surface area contributed by atoms with Crippen molar-refractivity contribution in [3.8, 4) is 0 Å². The number of esters is 1. The fourth-order valence-electron chi connectivity index (χ4n) is 6.86. The van der Waals surface area contributed by atoms with Crippen molar-refractivity contribution < 1.29 is 34.1 Å². The molecule has 0 aromatic heterocycles. The van der Waals surface area contributed by atoms with Crippen molar-refractivity contribution in [1.29, 1.82) is 0 Å². The van der Waals surface area contributed by atoms with Crippen molar-refractivity contribution in [2.45, 2.75) is 116 Å². The van der Waals surface area contributed by atoms with Crippen LogP contribution in [0.5, 0.6) is 0 Å². The van der Waals surface area contributed by atoms with E-state index in [0.717, 1.165) is 24.8 Å². The van der Waals surface area contributed by atoms with Crippen LogP contribution >= 0.6 is 0 Å². The van der Waals surface area contributed by atoms with Gasteiger partial charge >= 0.3 is 5.97 Å². The van der Waals surface area contributed by atoms with Gasteiger partial charge < -0.3 is 24.6 Å². The Hall–Kier alpha value is -2.81. The molecule has 3 aliphatic heterocycles. The number of hydrogen-bond donors (Lipinski definition) is 2. The molecule has 4 rings (SSSR count). The highest BCUT2D eigenvalue weighted by Gasteiger charge is 2.53. The van der Waals surface area contributed by atoms with Gasteiger partial charge in [0, 0.05) is 24.3 Å². The van der Waals surface area contributed by atoms with E-state index in [4.69, 9.17) is 9.47 Å². The summed E-state index contributed by atoms with van der Waals surface area (Å²) in [4.78, 5) is 42.6. The second kappa shape index (κ2) is 15.5. The van der Waals surface area contributed by atoms with Gasteiger partial charge in [-0.15, -0.1) is 0 Å². The summed E-state index contributed by atoms with van der Waals surface area (Å²) in [5.74, 6) is -5.91. The lowest BCUT2D eigenvalue weighted by Crippen LogP contribution is -2.61. The summed E-state index contributed by atoms with van der Waals surface area (Å²) >= 11 is 0. The van der Waals surface area contributed by atoms with E-state index in [1.807, 2.05) is 56.4 Å². The van der Waals surface area contributed by atoms with Crippen LogP contribution in [0, 0.1) is 23.7 Å². The smallest absolute Gasteiger partial charge is 0.329 e. The number of carbonyl (C=O) groups excluding carboxylic acids is 3. The first-order chi connectivity index (χ1) is 21.1. The topological polar surface area (TPSA) is 113 Å². The second-order valence-corrected chi connectivity index (χ2v) is 13.1. The number of rotatable bonds is 4. The van der Waals surface area contributed by atoms with Gasteiger partial charge in [-0.25, -0.2) is 4.79 Å². The maximum Gasteiger partial charge on any atom is 0.329 e. The third-order valence-electron chi connectivity index (χ3n) is 10.0. The highest BCUT2D eigenvalue weighted by molar-refractivity contribution is 6.39. The Bertz CT molecular complexity index is 1180. The van der Waals surface area contributed by atoms with Gasteiger partial charge in [0.25, 0.3) is 11.7 Å². The van der Waals surface area contributed by atoms with Gasteiger partial charge in [-0.05, 0) is 75.3 Å². The number of allylic oxidation sites excluding steroid dienone is 3. The number of ketones is 1. The van der Waals surface area contributed by atoms with Crippen molar-refractivity contribution in [2.24, 2.45) is 23.7 Å². The third kappa shape index (κ3) is 7.88. The zero-order valence-electron chi connectivity index (χ0n) is 26.8. The minimum atomic E-state index is -2.33. The van der Waals surface area contributed by atoms with E-state index in [-0.39, 0.29) is 24.3 Å². The molecule has 44 heavy (non-hydrogen) atoms. The van der Waals surface area contributed by atoms with Crippen LogP contribution in [0.15, 0.2) is 54.6 Å². The van der Waals surface area contributed by atoms with E-state index in [2.05, 4.69) is 19.1 Å². The fraction of sp³-hybridized carbons (Fsp3) is 0.639. The highest BCUT2D eigenvalue weighted by atomic mass is 16.6. The van der Waals surface area contributed by atoms with Crippen molar-refractivity contribution in [2.75, 3.05) is 6.54 Å². The maximum atomic E-state index is 13.8. The number of ether oxygens (including phenoxy) is 2. The van der Waals surface area contributed by atoms with Crippen molar-refractivity contribution >= 4 is 17.7 Å². The molecule has 0 spiro atoms. The minimum absolute atomic E-state index is 0.0100. The molecule has 1 aromatic carbocycles. The Morgan fingerprint density at radius 3 is 2.48 bits per heavy atom. The molecule has 2 bridgehead atoms. The van der Waals surface area contributed by atoms with E-state index in [1.165, 1.54) is 4.90 Å². The predicted octanol–water partition coefficient (Wildman–Crippen LogP) is 5.16. The van der Waals surface area contributed by atoms with E-state index in [1.54, 1.807) is 6.92 Å². The number of cyclic esters (lactones) is 1. The number of aliphatic hydroxyl groups excluding tert-OH is 1. The standard InChI is InChI=1S/C36H51NO7/c1-5-28(23-27-16-10-8-11-17-27)31-19-12-7-6-9-15-24(2)32(38)26(4)30-21-20-25(3)36(42,44-30)33(39)34(40)37-22-14-13-18-29(37)35(41)43-31/h6,8-12,16-17,19,24-26,28-32,38,42H,5,7,13-15,18,20-23H2,1-4H3/b9-6-,19-12-/t24-,25-,26+,28-,29+,30+,31+,32+,36-/m1/s1. The molecule has 2 N–H and O–H groups in total. The molecule has 1 aromatic rings. The Balaban J connectivity index is 1.66. The van der Waals surface area contributed by atoms with Crippen LogP contribution < -0.4 is 0 Å². The molecule has 2 saturated heterocycles. The van der Waals surface area contributed by atoms with Crippen LogP contribution in [0.1, 0.15) is 84.6 Å². The molecule has 0 aliphatic carbocycles. The number of piperidine rings is 1. The van der Waals surface area contributed by atoms with Crippen molar-refractivity contribution in [3.05, 3.63) is 60.2 Å². The summed E-state index contributed by atoms with van der Waals surface area (Å²) < 4.78 is 12.2. The monoisotopic (exact) mass is 609 g/mol. The molecule has 3 heterocycles. The fourth-order valence-corrected chi connectivity index (χ4v) is 6.86. The molecule has 3 aliphatic rings. The van der Waals surface area contributed by atoms with E-state index < -0.39 is 53.7 Å². The van der Waals surface area contributed by atoms with Crippen LogP contribution in [0.25, 0.3) is 0 Å². The molecular formula is C36H51NO7. The Morgan fingerprint density at radius 2 is 1.75 bits per heavy atom. The molecule has 1 amide bonds. The largest absolute Gasteiger partial charge is 0.456 e. The van der Waals surface area contributed by atoms with Crippen molar-refractivity contribution in [1.82, 2.24) is 4.90 Å². The van der Waals surface area contributed by atoms with E-state index in [9.17, 15) is 24.6 Å². The molecule has 9 atom stereocenters. The average Bonchev–Trinajstić information content (AvgIpc) is 3.04. The molecule has 242 valence electrons. The number of carbonyl (C=O) groups is 3. The van der Waals surface area contributed by atoms with Gasteiger partial charge in [-0.1, -0.05) is 76.3 Å². The van der Waals surface area contributed by atoms with Gasteiger partial charge in [0.15, 0.2) is 0 Å². The quantitative estimate of drug-likeness (QED) is 0.275. The molecule has 0 saturated carbocycles. The van der Waals surface area contributed by atoms with Gasteiger partial charge in [0.1, 0.15) is 12.1 Å². The van der Waals surface area contributed by atoms with Gasteiger partial charge in [-0.3, -0.25) is 9.59 Å². The molecule has 0 radical (unpaired) electrons. The summed E-state index contributed by atoms with van der Waals surface area (Å²) in [6, 6.07) is 9.17. The SMILES string of the molecule is CC[C@H](Cc1ccccc1)[C@@H]1/C=C\C/C=C\C[C@@H](C)[C@H](O)[C@@H](C)[C@@H]2CC[C@@H](C)[C@@](O)(O2)C(=O)C(=O)N2CCCC[C@H]2C(=O)O1. The lowest BCUT2D eigenvalue weighted by atomic mass is 9.80. The Morgan fingerprint density at radius 1 is 1.00 bits per heavy atom. The lowest BCUT2D eigenvalue weighted by Gasteiger charge is -2.44. The first kappa shape index (κ1) is 34.1. The summed E-state index contributed by atoms with van der Waals surface area (Å²) in [7, 11) is 0. The van der Waals surface area contributed by atoms with Gasteiger partial charge in [-0.2, -0.15) is 0 Å². The minimum Gasteiger partial charge on any atom is -0.456 e. The first-order valence-corrected chi connectivity index (χ1v) is 16.6. The van der Waals surface area contributed by atoms with Crippen LogP contribution in [0.2, 0.25) is 0 Å². The number of benzene rings is 1. The van der Waals surface area contributed by atoms with Crippen LogP contribution in [0.4, 0.5) is 0 Å². The maximum absolute atomic E-state index is 13.8. The number of nitrogens with zero attached hydrogens (tertiary/aromatic N) is 1. The number of fused-ring (bicyclic) bond motifs is 3. The van der Waals surface area contributed by atoms with E-state index in [0.29, 0.717) is 38.5 Å². The number of Topliss-reactive ketones (excluding diaryl/α,β-unsaturated/α-hetero) is 1. The molecule has 0 unspecified atom stereocenters. The average molecular weight is 610 g/mol. The summed E-state index contributed by atoms with van der Waals surface area (Å²) in [6.45, 7) is 7.82. The molecular weight excluding hydrogens is 558 g/mol. The summed E-state index contributed by atoms with van der Waals surface area (Å²) in [6.07, 6.45) is 11.7. The number of amides is 1. The van der Waals surface area contributed by atoms with Gasteiger partial charge in [0.05, 0.1) is 12.2 Å². The molecule has 8 nitrogen and oxygen atoms in total. The lowest BCUT2D eigenvalue weighted by molar-refractivity contribution is -0.274. The molecule has 8 heteroatoms. The van der Waals surface area contributed by atoms with Crippen molar-refractivity contribution in [3.63, 3.8) is 0 Å².